The molecule has 2 atom stereocenters. The Kier molecular flexibility index (Phi) is 7.34. The molecule has 1 aliphatic carbocycles. The molecule has 29 heavy (non-hydrogen) atoms. The lowest BCUT2D eigenvalue weighted by atomic mass is 9.91. The summed E-state index contributed by atoms with van der Waals surface area (Å²) in [7, 11) is 1.36. The van der Waals surface area contributed by atoms with E-state index in [2.05, 4.69) is 10.3 Å². The molecule has 3 rings (SSSR count). The number of carbonyl (C=O) groups is 2. The molecule has 1 unspecified atom stereocenters. The number of carbonyl (C=O) groups excluding carboxylic acids is 2. The molecule has 0 saturated carbocycles. The van der Waals surface area contributed by atoms with E-state index in [-0.39, 0.29) is 30.3 Å². The number of methoxy groups -OCH3 is 1. The summed E-state index contributed by atoms with van der Waals surface area (Å²) in [6.07, 6.45) is 11.8. The molecular formula is C24H26N2O3. The van der Waals surface area contributed by atoms with Gasteiger partial charge < -0.3 is 10.1 Å². The zero-order chi connectivity index (χ0) is 20.5. The molecule has 5 nitrogen and oxygen atoms in total. The number of esters is 1. The molecule has 1 amide bonds. The zero-order valence-corrected chi connectivity index (χ0v) is 16.6. The van der Waals surface area contributed by atoms with E-state index in [1.54, 1.807) is 6.20 Å². The van der Waals surface area contributed by atoms with Gasteiger partial charge in [-0.25, -0.2) is 0 Å². The SMILES string of the molecule is COC(=O)C[C@@H](CCc1ccccc1)NC(=O)C1=CCC(c2cccnc2)C=C1. The Morgan fingerprint density at radius 2 is 2.03 bits per heavy atom. The number of aromatic nitrogens is 1. The minimum Gasteiger partial charge on any atom is -0.469 e. The Bertz CT molecular complexity index is 876. The van der Waals surface area contributed by atoms with Crippen molar-refractivity contribution in [1.82, 2.24) is 10.3 Å². The smallest absolute Gasteiger partial charge is 0.307 e. The predicted molar refractivity (Wildman–Crippen MR) is 112 cm³/mol. The van der Waals surface area contributed by atoms with Crippen LogP contribution in [-0.2, 0) is 20.7 Å². The van der Waals surface area contributed by atoms with E-state index in [0.29, 0.717) is 12.0 Å². The monoisotopic (exact) mass is 390 g/mol. The molecule has 0 spiro atoms. The van der Waals surface area contributed by atoms with Gasteiger partial charge in [-0.3, -0.25) is 14.6 Å². The van der Waals surface area contributed by atoms with Gasteiger partial charge >= 0.3 is 5.97 Å². The first-order valence-corrected chi connectivity index (χ1v) is 9.85. The van der Waals surface area contributed by atoms with Crippen molar-refractivity contribution in [3.8, 4) is 0 Å². The average Bonchev–Trinajstić information content (AvgIpc) is 2.78. The van der Waals surface area contributed by atoms with E-state index in [1.807, 2.05) is 66.9 Å². The Morgan fingerprint density at radius 1 is 1.21 bits per heavy atom. The second kappa shape index (κ2) is 10.4. The second-order valence-corrected chi connectivity index (χ2v) is 7.12. The topological polar surface area (TPSA) is 68.3 Å². The van der Waals surface area contributed by atoms with E-state index in [0.717, 1.165) is 18.4 Å². The minimum absolute atomic E-state index is 0.157. The van der Waals surface area contributed by atoms with Crippen molar-refractivity contribution in [1.29, 1.82) is 0 Å². The highest BCUT2D eigenvalue weighted by Gasteiger charge is 2.20. The number of nitrogens with one attached hydrogen (secondary N) is 1. The molecule has 0 aliphatic heterocycles. The van der Waals surface area contributed by atoms with Gasteiger partial charge in [0.2, 0.25) is 0 Å². The largest absolute Gasteiger partial charge is 0.469 e. The standard InChI is InChI=1S/C24H26N2O3/c1-29-23(27)16-22(14-9-18-6-3-2-4-7-18)26-24(28)20-12-10-19(11-13-20)21-8-5-15-25-17-21/h2-8,10,12-13,15,17,19,22H,9,11,14,16H2,1H3,(H,26,28)/t19?,22-/m1/s1. The highest BCUT2D eigenvalue weighted by Crippen LogP contribution is 2.26. The molecule has 1 heterocycles. The van der Waals surface area contributed by atoms with Crippen molar-refractivity contribution in [2.45, 2.75) is 37.6 Å². The fourth-order valence-corrected chi connectivity index (χ4v) is 3.40. The van der Waals surface area contributed by atoms with E-state index in [4.69, 9.17) is 4.74 Å². The fraction of sp³-hybridized carbons (Fsp3) is 0.292. The normalized spacial score (nSPS) is 16.6. The first kappa shape index (κ1) is 20.5. The number of hydrogen-bond acceptors (Lipinski definition) is 4. The molecule has 0 fully saturated rings. The number of ether oxygens (including phenoxy) is 1. The number of aryl methyl sites for hydroxylation is 1. The maximum atomic E-state index is 12.7. The molecule has 5 heteroatoms. The maximum Gasteiger partial charge on any atom is 0.307 e. The molecule has 1 aromatic heterocycles. The molecule has 1 N–H and O–H groups in total. The van der Waals surface area contributed by atoms with Crippen molar-refractivity contribution in [2.75, 3.05) is 7.11 Å². The highest BCUT2D eigenvalue weighted by molar-refractivity contribution is 5.96. The van der Waals surface area contributed by atoms with E-state index in [1.165, 1.54) is 12.7 Å². The lowest BCUT2D eigenvalue weighted by molar-refractivity contribution is -0.141. The summed E-state index contributed by atoms with van der Waals surface area (Å²) < 4.78 is 4.80. The first-order chi connectivity index (χ1) is 14.2. The van der Waals surface area contributed by atoms with E-state index in [9.17, 15) is 9.59 Å². The number of hydrogen-bond donors (Lipinski definition) is 1. The average molecular weight is 390 g/mol. The van der Waals surface area contributed by atoms with Crippen LogP contribution < -0.4 is 5.32 Å². The summed E-state index contributed by atoms with van der Waals surface area (Å²) in [5.41, 5.74) is 2.93. The predicted octanol–water partition coefficient (Wildman–Crippen LogP) is 3.73. The summed E-state index contributed by atoms with van der Waals surface area (Å²) in [5, 5.41) is 3.01. The third kappa shape index (κ3) is 6.14. The van der Waals surface area contributed by atoms with Crippen LogP contribution in [0.1, 0.15) is 36.3 Å². The van der Waals surface area contributed by atoms with Crippen molar-refractivity contribution < 1.29 is 14.3 Å². The molecule has 1 aliphatic rings. The van der Waals surface area contributed by atoms with Crippen molar-refractivity contribution in [2.24, 2.45) is 0 Å². The van der Waals surface area contributed by atoms with Crippen LogP contribution in [0.5, 0.6) is 0 Å². The lowest BCUT2D eigenvalue weighted by Crippen LogP contribution is -2.38. The van der Waals surface area contributed by atoms with Crippen molar-refractivity contribution >= 4 is 11.9 Å². The molecule has 2 aromatic rings. The van der Waals surface area contributed by atoms with Gasteiger partial charge in [-0.05, 0) is 36.5 Å². The van der Waals surface area contributed by atoms with Crippen molar-refractivity contribution in [3.63, 3.8) is 0 Å². The van der Waals surface area contributed by atoms with Crippen LogP contribution in [0, 0.1) is 0 Å². The van der Waals surface area contributed by atoms with Crippen LogP contribution in [0.25, 0.3) is 0 Å². The number of benzene rings is 1. The van der Waals surface area contributed by atoms with Crippen LogP contribution in [0.15, 0.2) is 78.7 Å². The lowest BCUT2D eigenvalue weighted by Gasteiger charge is -2.20. The molecule has 1 aromatic carbocycles. The highest BCUT2D eigenvalue weighted by atomic mass is 16.5. The van der Waals surface area contributed by atoms with Crippen LogP contribution in [0.4, 0.5) is 0 Å². The van der Waals surface area contributed by atoms with E-state index >= 15 is 0 Å². The molecule has 0 radical (unpaired) electrons. The fourth-order valence-electron chi connectivity index (χ4n) is 3.40. The summed E-state index contributed by atoms with van der Waals surface area (Å²) >= 11 is 0. The van der Waals surface area contributed by atoms with Gasteiger partial charge in [-0.1, -0.05) is 54.6 Å². The second-order valence-electron chi connectivity index (χ2n) is 7.12. The Balaban J connectivity index is 1.59. The van der Waals surface area contributed by atoms with Crippen LogP contribution in [0.3, 0.4) is 0 Å². The number of amides is 1. The van der Waals surface area contributed by atoms with Gasteiger partial charge in [0.05, 0.1) is 13.5 Å². The van der Waals surface area contributed by atoms with Gasteiger partial charge in [0.1, 0.15) is 0 Å². The van der Waals surface area contributed by atoms with Crippen LogP contribution in [-0.4, -0.2) is 30.0 Å². The van der Waals surface area contributed by atoms with Gasteiger partial charge in [-0.15, -0.1) is 0 Å². The molecule has 0 bridgehead atoms. The zero-order valence-electron chi connectivity index (χ0n) is 16.6. The van der Waals surface area contributed by atoms with Gasteiger partial charge in [0, 0.05) is 29.9 Å². The third-order valence-electron chi connectivity index (χ3n) is 5.07. The summed E-state index contributed by atoms with van der Waals surface area (Å²) in [6.45, 7) is 0. The van der Waals surface area contributed by atoms with E-state index < -0.39 is 0 Å². The molecule has 150 valence electrons. The summed E-state index contributed by atoms with van der Waals surface area (Å²) in [5.74, 6) is -0.259. The van der Waals surface area contributed by atoms with Crippen LogP contribution >= 0.6 is 0 Å². The summed E-state index contributed by atoms with van der Waals surface area (Å²) in [4.78, 5) is 28.7. The van der Waals surface area contributed by atoms with Crippen LogP contribution in [0.2, 0.25) is 0 Å². The minimum atomic E-state index is -0.326. The molecular weight excluding hydrogens is 364 g/mol. The quantitative estimate of drug-likeness (QED) is 0.698. The maximum absolute atomic E-state index is 12.7. The Hall–Kier alpha value is -3.21. The molecule has 0 saturated heterocycles. The van der Waals surface area contributed by atoms with Gasteiger partial charge in [-0.2, -0.15) is 0 Å². The Labute approximate surface area is 171 Å². The van der Waals surface area contributed by atoms with Gasteiger partial charge in [0.15, 0.2) is 0 Å². The number of rotatable bonds is 8. The van der Waals surface area contributed by atoms with Crippen molar-refractivity contribution in [3.05, 3.63) is 89.8 Å². The van der Waals surface area contributed by atoms with Gasteiger partial charge in [0.25, 0.3) is 5.91 Å². The number of pyridine rings is 1. The number of allylic oxidation sites excluding steroid dienone is 2. The summed E-state index contributed by atoms with van der Waals surface area (Å²) in [6, 6.07) is 13.7. The number of nitrogens with zero attached hydrogens (tertiary/aromatic N) is 1. The first-order valence-electron chi connectivity index (χ1n) is 9.85. The third-order valence-corrected chi connectivity index (χ3v) is 5.07. The Morgan fingerprint density at radius 3 is 2.69 bits per heavy atom.